The fourth-order valence-corrected chi connectivity index (χ4v) is 1.34. The number of anilines is 1. The van der Waals surface area contributed by atoms with Crippen LogP contribution in [0.2, 0.25) is 0 Å². The van der Waals surface area contributed by atoms with E-state index in [1.165, 1.54) is 18.2 Å². The standard InChI is InChI=1S/C12H15FN2O3/c13-9-4-3-5-10(8-9)15-12(18)14-7-2-1-6-11(16)17/h3-5,8H,1-2,6-7H2,(H,16,17)(H2,14,15,18). The number of hydrogen-bond acceptors (Lipinski definition) is 2. The van der Waals surface area contributed by atoms with Crippen LogP contribution in [0.15, 0.2) is 24.3 Å². The summed E-state index contributed by atoms with van der Waals surface area (Å²) in [5, 5.41) is 13.4. The second-order valence-corrected chi connectivity index (χ2v) is 3.74. The van der Waals surface area contributed by atoms with Crippen LogP contribution < -0.4 is 10.6 Å². The first kappa shape index (κ1) is 14.0. The van der Waals surface area contributed by atoms with E-state index in [4.69, 9.17) is 5.11 Å². The molecule has 18 heavy (non-hydrogen) atoms. The first-order valence-electron chi connectivity index (χ1n) is 5.60. The Balaban J connectivity index is 2.20. The zero-order valence-electron chi connectivity index (χ0n) is 9.78. The molecule has 1 rings (SSSR count). The molecule has 0 saturated heterocycles. The maximum atomic E-state index is 12.8. The first-order valence-corrected chi connectivity index (χ1v) is 5.60. The monoisotopic (exact) mass is 254 g/mol. The Morgan fingerprint density at radius 2 is 2.06 bits per heavy atom. The van der Waals surface area contributed by atoms with Gasteiger partial charge in [-0.3, -0.25) is 4.79 Å². The molecule has 0 fully saturated rings. The molecule has 0 bridgehead atoms. The normalized spacial score (nSPS) is 9.83. The van der Waals surface area contributed by atoms with Crippen molar-refractivity contribution in [2.75, 3.05) is 11.9 Å². The van der Waals surface area contributed by atoms with E-state index < -0.39 is 17.8 Å². The van der Waals surface area contributed by atoms with Crippen LogP contribution in [0.4, 0.5) is 14.9 Å². The number of nitrogens with one attached hydrogen (secondary N) is 2. The molecule has 0 spiro atoms. The summed E-state index contributed by atoms with van der Waals surface area (Å²) in [7, 11) is 0. The molecule has 0 unspecified atom stereocenters. The van der Waals surface area contributed by atoms with Gasteiger partial charge in [-0.2, -0.15) is 0 Å². The van der Waals surface area contributed by atoms with Gasteiger partial charge in [0, 0.05) is 18.7 Å². The fourth-order valence-electron chi connectivity index (χ4n) is 1.34. The number of halogens is 1. The van der Waals surface area contributed by atoms with Crippen LogP contribution in [-0.4, -0.2) is 23.7 Å². The van der Waals surface area contributed by atoms with Crippen molar-refractivity contribution >= 4 is 17.7 Å². The van der Waals surface area contributed by atoms with Crippen LogP contribution in [0.5, 0.6) is 0 Å². The van der Waals surface area contributed by atoms with Gasteiger partial charge < -0.3 is 15.7 Å². The highest BCUT2D eigenvalue weighted by Crippen LogP contribution is 2.08. The zero-order chi connectivity index (χ0) is 13.4. The van der Waals surface area contributed by atoms with Gasteiger partial charge in [0.2, 0.25) is 0 Å². The Kier molecular flexibility index (Phi) is 5.63. The first-order chi connectivity index (χ1) is 8.58. The van der Waals surface area contributed by atoms with Gasteiger partial charge in [0.25, 0.3) is 0 Å². The molecule has 0 heterocycles. The van der Waals surface area contributed by atoms with E-state index in [1.54, 1.807) is 6.07 Å². The van der Waals surface area contributed by atoms with Crippen LogP contribution in [-0.2, 0) is 4.79 Å². The van der Waals surface area contributed by atoms with Crippen molar-refractivity contribution in [2.45, 2.75) is 19.3 Å². The van der Waals surface area contributed by atoms with E-state index in [0.717, 1.165) is 0 Å². The largest absolute Gasteiger partial charge is 0.481 e. The van der Waals surface area contributed by atoms with Gasteiger partial charge in [-0.1, -0.05) is 6.07 Å². The van der Waals surface area contributed by atoms with Crippen molar-refractivity contribution in [3.63, 3.8) is 0 Å². The second kappa shape index (κ2) is 7.26. The Morgan fingerprint density at radius 1 is 1.28 bits per heavy atom. The highest BCUT2D eigenvalue weighted by Gasteiger charge is 2.02. The molecule has 1 aromatic rings. The summed E-state index contributed by atoms with van der Waals surface area (Å²) in [5.74, 6) is -1.27. The van der Waals surface area contributed by atoms with Crippen LogP contribution in [0.1, 0.15) is 19.3 Å². The number of carboxylic acid groups (broad SMARTS) is 1. The summed E-state index contributed by atoms with van der Waals surface area (Å²) in [4.78, 5) is 21.6. The summed E-state index contributed by atoms with van der Waals surface area (Å²) in [5.41, 5.74) is 0.373. The number of amides is 2. The van der Waals surface area contributed by atoms with Crippen molar-refractivity contribution in [1.29, 1.82) is 0 Å². The molecule has 0 saturated carbocycles. The van der Waals surface area contributed by atoms with Gasteiger partial charge in [0.1, 0.15) is 5.82 Å². The Morgan fingerprint density at radius 3 is 2.72 bits per heavy atom. The number of carbonyl (C=O) groups excluding carboxylic acids is 1. The van der Waals surface area contributed by atoms with E-state index in [9.17, 15) is 14.0 Å². The highest BCUT2D eigenvalue weighted by molar-refractivity contribution is 5.89. The number of hydrogen-bond donors (Lipinski definition) is 3. The van der Waals surface area contributed by atoms with Crippen molar-refractivity contribution in [1.82, 2.24) is 5.32 Å². The summed E-state index contributed by atoms with van der Waals surface area (Å²) < 4.78 is 12.8. The van der Waals surface area contributed by atoms with E-state index in [1.807, 2.05) is 0 Å². The van der Waals surface area contributed by atoms with Gasteiger partial charge in [-0.25, -0.2) is 9.18 Å². The van der Waals surface area contributed by atoms with E-state index in [0.29, 0.717) is 25.1 Å². The molecule has 2 amide bonds. The smallest absolute Gasteiger partial charge is 0.319 e. The molecule has 5 nitrogen and oxygen atoms in total. The highest BCUT2D eigenvalue weighted by atomic mass is 19.1. The molecule has 0 aliphatic heterocycles. The molecule has 0 aromatic heterocycles. The van der Waals surface area contributed by atoms with Crippen molar-refractivity contribution in [3.05, 3.63) is 30.1 Å². The third kappa shape index (κ3) is 5.83. The SMILES string of the molecule is O=C(O)CCCCNC(=O)Nc1cccc(F)c1. The minimum absolute atomic E-state index is 0.0905. The minimum Gasteiger partial charge on any atom is -0.481 e. The predicted octanol–water partition coefficient (Wildman–Crippen LogP) is 2.20. The fraction of sp³-hybridized carbons (Fsp3) is 0.333. The summed E-state index contributed by atoms with van der Waals surface area (Å²) in [6.07, 6.45) is 1.19. The third-order valence-corrected chi connectivity index (χ3v) is 2.19. The topological polar surface area (TPSA) is 78.4 Å². The van der Waals surface area contributed by atoms with Crippen LogP contribution in [0.25, 0.3) is 0 Å². The lowest BCUT2D eigenvalue weighted by Crippen LogP contribution is -2.29. The van der Waals surface area contributed by atoms with E-state index in [2.05, 4.69) is 10.6 Å². The van der Waals surface area contributed by atoms with Crippen molar-refractivity contribution < 1.29 is 19.1 Å². The van der Waals surface area contributed by atoms with Crippen LogP contribution in [0, 0.1) is 5.82 Å². The second-order valence-electron chi connectivity index (χ2n) is 3.74. The Labute approximate surface area is 104 Å². The summed E-state index contributed by atoms with van der Waals surface area (Å²) >= 11 is 0. The number of benzene rings is 1. The minimum atomic E-state index is -0.848. The average Bonchev–Trinajstić information content (AvgIpc) is 2.28. The number of rotatable bonds is 6. The van der Waals surface area contributed by atoms with Crippen LogP contribution >= 0.6 is 0 Å². The molecule has 1 aromatic carbocycles. The lowest BCUT2D eigenvalue weighted by Gasteiger charge is -2.07. The maximum Gasteiger partial charge on any atom is 0.319 e. The van der Waals surface area contributed by atoms with Gasteiger partial charge in [-0.15, -0.1) is 0 Å². The molecule has 6 heteroatoms. The molecular weight excluding hydrogens is 239 g/mol. The number of carbonyl (C=O) groups is 2. The molecule has 0 aliphatic rings. The predicted molar refractivity (Wildman–Crippen MR) is 64.9 cm³/mol. The average molecular weight is 254 g/mol. The van der Waals surface area contributed by atoms with E-state index in [-0.39, 0.29) is 6.42 Å². The molecule has 0 radical (unpaired) electrons. The number of unbranched alkanes of at least 4 members (excludes halogenated alkanes) is 1. The number of urea groups is 1. The molecule has 0 aliphatic carbocycles. The lowest BCUT2D eigenvalue weighted by molar-refractivity contribution is -0.137. The quantitative estimate of drug-likeness (QED) is 0.681. The molecule has 0 atom stereocenters. The Bertz CT molecular complexity index is 424. The summed E-state index contributed by atoms with van der Waals surface area (Å²) in [6.45, 7) is 0.383. The van der Waals surface area contributed by atoms with Crippen molar-refractivity contribution in [2.24, 2.45) is 0 Å². The molecule has 98 valence electrons. The third-order valence-electron chi connectivity index (χ3n) is 2.19. The van der Waals surface area contributed by atoms with Gasteiger partial charge in [0.05, 0.1) is 0 Å². The van der Waals surface area contributed by atoms with Crippen molar-refractivity contribution in [3.8, 4) is 0 Å². The molecular formula is C12H15FN2O3. The zero-order valence-corrected chi connectivity index (χ0v) is 9.78. The van der Waals surface area contributed by atoms with Gasteiger partial charge >= 0.3 is 12.0 Å². The Hall–Kier alpha value is -2.11. The maximum absolute atomic E-state index is 12.8. The number of aliphatic carboxylic acids is 1. The summed E-state index contributed by atoms with van der Waals surface area (Å²) in [6, 6.07) is 5.14. The van der Waals surface area contributed by atoms with Gasteiger partial charge in [-0.05, 0) is 31.0 Å². The number of carboxylic acids is 1. The lowest BCUT2D eigenvalue weighted by atomic mass is 10.2. The van der Waals surface area contributed by atoms with Crippen LogP contribution in [0.3, 0.4) is 0 Å². The van der Waals surface area contributed by atoms with E-state index >= 15 is 0 Å². The molecule has 3 N–H and O–H groups in total. The van der Waals surface area contributed by atoms with Gasteiger partial charge in [0.15, 0.2) is 0 Å².